The smallest absolute Gasteiger partial charge is 0.218 e. The topological polar surface area (TPSA) is 77.2 Å². The summed E-state index contributed by atoms with van der Waals surface area (Å²) >= 11 is 0. The van der Waals surface area contributed by atoms with Crippen molar-refractivity contribution in [3.8, 4) is 0 Å². The SMILES string of the molecule is [CH2]CS(=O)(=O)CCC(N)=O. The fourth-order valence-corrected chi connectivity index (χ4v) is 1.07. The molecule has 0 aliphatic heterocycles. The number of rotatable bonds is 4. The number of hydrogen-bond acceptors (Lipinski definition) is 3. The van der Waals surface area contributed by atoms with Gasteiger partial charge in [-0.15, -0.1) is 0 Å². The Balaban J connectivity index is 3.81. The summed E-state index contributed by atoms with van der Waals surface area (Å²) in [5, 5.41) is 0. The van der Waals surface area contributed by atoms with Gasteiger partial charge in [0.25, 0.3) is 0 Å². The highest BCUT2D eigenvalue weighted by Crippen LogP contribution is 1.91. The molecular weight excluding hydrogens is 154 g/mol. The van der Waals surface area contributed by atoms with Crippen LogP contribution < -0.4 is 5.73 Å². The summed E-state index contributed by atoms with van der Waals surface area (Å²) in [6.45, 7) is 3.20. The second-order valence-electron chi connectivity index (χ2n) is 1.87. The molecule has 1 amide bonds. The Hall–Kier alpha value is -0.580. The number of carbonyl (C=O) groups excluding carboxylic acids is 1. The molecular formula is C5H10NO3S. The van der Waals surface area contributed by atoms with Gasteiger partial charge in [-0.1, -0.05) is 0 Å². The van der Waals surface area contributed by atoms with Gasteiger partial charge in [0.15, 0.2) is 9.84 Å². The van der Waals surface area contributed by atoms with Crippen LogP contribution in [0.15, 0.2) is 0 Å². The molecule has 0 aliphatic rings. The van der Waals surface area contributed by atoms with Crippen molar-refractivity contribution < 1.29 is 13.2 Å². The van der Waals surface area contributed by atoms with Gasteiger partial charge in [-0.05, 0) is 6.92 Å². The Morgan fingerprint density at radius 2 is 2.00 bits per heavy atom. The molecule has 0 bridgehead atoms. The minimum atomic E-state index is -3.13. The molecule has 10 heavy (non-hydrogen) atoms. The van der Waals surface area contributed by atoms with E-state index in [9.17, 15) is 13.2 Å². The summed E-state index contributed by atoms with van der Waals surface area (Å²) in [7, 11) is -3.13. The third-order valence-electron chi connectivity index (χ3n) is 0.970. The molecule has 5 heteroatoms. The van der Waals surface area contributed by atoms with Crippen LogP contribution in [0.3, 0.4) is 0 Å². The molecule has 0 unspecified atom stereocenters. The third kappa shape index (κ3) is 4.31. The average Bonchev–Trinajstić information content (AvgIpc) is 1.85. The van der Waals surface area contributed by atoms with E-state index in [1.165, 1.54) is 0 Å². The van der Waals surface area contributed by atoms with Crippen LogP contribution in [0.1, 0.15) is 6.42 Å². The summed E-state index contributed by atoms with van der Waals surface area (Å²) in [6.07, 6.45) is -0.113. The van der Waals surface area contributed by atoms with Crippen molar-refractivity contribution in [2.45, 2.75) is 6.42 Å². The molecule has 2 N–H and O–H groups in total. The molecule has 0 spiro atoms. The largest absolute Gasteiger partial charge is 0.370 e. The predicted octanol–water partition coefficient (Wildman–Crippen LogP) is -0.889. The Labute approximate surface area is 60.3 Å². The van der Waals surface area contributed by atoms with Gasteiger partial charge < -0.3 is 5.73 Å². The first-order chi connectivity index (χ1) is 4.48. The second kappa shape index (κ2) is 3.55. The van der Waals surface area contributed by atoms with Crippen molar-refractivity contribution in [2.24, 2.45) is 5.73 Å². The van der Waals surface area contributed by atoms with Gasteiger partial charge in [-0.2, -0.15) is 0 Å². The third-order valence-corrected chi connectivity index (χ3v) is 2.42. The van der Waals surface area contributed by atoms with E-state index in [-0.39, 0.29) is 17.9 Å². The van der Waals surface area contributed by atoms with Crippen molar-refractivity contribution >= 4 is 15.7 Å². The molecule has 0 aromatic heterocycles. The number of amides is 1. The highest BCUT2D eigenvalue weighted by atomic mass is 32.2. The van der Waals surface area contributed by atoms with Gasteiger partial charge in [0.2, 0.25) is 5.91 Å². The fourth-order valence-electron chi connectivity index (χ4n) is 0.358. The molecule has 1 radical (unpaired) electrons. The van der Waals surface area contributed by atoms with Crippen LogP contribution in [0.5, 0.6) is 0 Å². The van der Waals surface area contributed by atoms with E-state index in [4.69, 9.17) is 5.73 Å². The van der Waals surface area contributed by atoms with Gasteiger partial charge in [-0.3, -0.25) is 4.79 Å². The van der Waals surface area contributed by atoms with E-state index < -0.39 is 15.7 Å². The zero-order valence-corrected chi connectivity index (χ0v) is 6.36. The second-order valence-corrected chi connectivity index (χ2v) is 4.17. The lowest BCUT2D eigenvalue weighted by atomic mass is 10.5. The van der Waals surface area contributed by atoms with Crippen molar-refractivity contribution in [2.75, 3.05) is 11.5 Å². The summed E-state index contributed by atoms with van der Waals surface area (Å²) < 4.78 is 21.3. The van der Waals surface area contributed by atoms with E-state index in [2.05, 4.69) is 6.92 Å². The maximum absolute atomic E-state index is 10.6. The first-order valence-electron chi connectivity index (χ1n) is 2.76. The number of primary amides is 1. The van der Waals surface area contributed by atoms with E-state index in [1.54, 1.807) is 0 Å². The molecule has 0 heterocycles. The Morgan fingerprint density at radius 1 is 1.50 bits per heavy atom. The van der Waals surface area contributed by atoms with Crippen molar-refractivity contribution in [3.05, 3.63) is 6.92 Å². The summed E-state index contributed by atoms with van der Waals surface area (Å²) in [6, 6.07) is 0. The van der Waals surface area contributed by atoms with Crippen LogP contribution in [0.4, 0.5) is 0 Å². The van der Waals surface area contributed by atoms with E-state index >= 15 is 0 Å². The molecule has 0 aromatic rings. The summed E-state index contributed by atoms with van der Waals surface area (Å²) in [4.78, 5) is 10.1. The van der Waals surface area contributed by atoms with Gasteiger partial charge in [0, 0.05) is 6.42 Å². The minimum Gasteiger partial charge on any atom is -0.370 e. The Kier molecular flexibility index (Phi) is 3.35. The molecule has 0 saturated heterocycles. The van der Waals surface area contributed by atoms with Crippen LogP contribution in [-0.2, 0) is 14.6 Å². The average molecular weight is 164 g/mol. The highest BCUT2D eigenvalue weighted by molar-refractivity contribution is 7.91. The zero-order valence-electron chi connectivity index (χ0n) is 5.54. The lowest BCUT2D eigenvalue weighted by Gasteiger charge is -1.95. The van der Waals surface area contributed by atoms with Crippen LogP contribution in [0.2, 0.25) is 0 Å². The monoisotopic (exact) mass is 164 g/mol. The van der Waals surface area contributed by atoms with E-state index in [0.29, 0.717) is 0 Å². The maximum Gasteiger partial charge on any atom is 0.218 e. The van der Waals surface area contributed by atoms with Crippen LogP contribution in [0.25, 0.3) is 0 Å². The van der Waals surface area contributed by atoms with Crippen molar-refractivity contribution in [1.29, 1.82) is 0 Å². The fraction of sp³-hybridized carbons (Fsp3) is 0.600. The van der Waals surface area contributed by atoms with Crippen LogP contribution in [-0.4, -0.2) is 25.8 Å². The number of hydrogen-bond donors (Lipinski definition) is 1. The minimum absolute atomic E-state index is 0.113. The van der Waals surface area contributed by atoms with Gasteiger partial charge in [0.1, 0.15) is 0 Å². The normalized spacial score (nSPS) is 11.3. The van der Waals surface area contributed by atoms with Gasteiger partial charge in [0.05, 0.1) is 11.5 Å². The highest BCUT2D eigenvalue weighted by Gasteiger charge is 2.08. The van der Waals surface area contributed by atoms with Gasteiger partial charge >= 0.3 is 0 Å². The van der Waals surface area contributed by atoms with Crippen molar-refractivity contribution in [3.63, 3.8) is 0 Å². The van der Waals surface area contributed by atoms with Crippen LogP contribution in [0, 0.1) is 6.92 Å². The molecule has 0 aromatic carbocycles. The standard InChI is InChI=1S/C5H10NO3S/c1-2-10(8,9)4-3-5(6)7/h1-4H2,(H2,6,7). The maximum atomic E-state index is 10.6. The number of nitrogens with two attached hydrogens (primary N) is 1. The molecule has 0 atom stereocenters. The Bertz CT molecular complexity index is 207. The molecule has 4 nitrogen and oxygen atoms in total. The van der Waals surface area contributed by atoms with Crippen molar-refractivity contribution in [1.82, 2.24) is 0 Å². The van der Waals surface area contributed by atoms with Gasteiger partial charge in [-0.25, -0.2) is 8.42 Å². The lowest BCUT2D eigenvalue weighted by molar-refractivity contribution is -0.117. The first kappa shape index (κ1) is 9.42. The number of sulfone groups is 1. The predicted molar refractivity (Wildman–Crippen MR) is 37.8 cm³/mol. The molecule has 0 aliphatic carbocycles. The summed E-state index contributed by atoms with van der Waals surface area (Å²) in [5.41, 5.74) is 4.73. The number of carbonyl (C=O) groups is 1. The quantitative estimate of drug-likeness (QED) is 0.585. The zero-order chi connectivity index (χ0) is 8.20. The van der Waals surface area contributed by atoms with E-state index in [0.717, 1.165) is 0 Å². The lowest BCUT2D eigenvalue weighted by Crippen LogP contribution is -2.18. The molecule has 0 rings (SSSR count). The summed E-state index contributed by atoms with van der Waals surface area (Å²) in [5.74, 6) is -0.969. The molecule has 0 fully saturated rings. The Morgan fingerprint density at radius 3 is 2.30 bits per heavy atom. The molecule has 0 saturated carbocycles. The van der Waals surface area contributed by atoms with E-state index in [1.807, 2.05) is 0 Å². The van der Waals surface area contributed by atoms with Crippen LogP contribution >= 0.6 is 0 Å². The molecule has 59 valence electrons. The first-order valence-corrected chi connectivity index (χ1v) is 4.58.